The summed E-state index contributed by atoms with van der Waals surface area (Å²) in [7, 11) is 0. The summed E-state index contributed by atoms with van der Waals surface area (Å²) in [5.74, 6) is -0.255. The van der Waals surface area contributed by atoms with E-state index in [-0.39, 0.29) is 17.6 Å². The van der Waals surface area contributed by atoms with Crippen molar-refractivity contribution in [3.8, 4) is 0 Å². The first-order valence-corrected chi connectivity index (χ1v) is 6.02. The maximum atomic E-state index is 11.5. The van der Waals surface area contributed by atoms with Crippen LogP contribution in [-0.2, 0) is 9.53 Å². The van der Waals surface area contributed by atoms with Gasteiger partial charge < -0.3 is 15.8 Å². The number of likely N-dealkylation sites (N-methyl/N-ethyl adjacent to an activating group) is 1. The first kappa shape index (κ1) is 13.5. The quantitative estimate of drug-likeness (QED) is 0.759. The van der Waals surface area contributed by atoms with Crippen molar-refractivity contribution in [1.29, 1.82) is 0 Å². The third kappa shape index (κ3) is 3.19. The van der Waals surface area contributed by atoms with Gasteiger partial charge >= 0.3 is 0 Å². The molecule has 2 atom stereocenters. The molecule has 0 heterocycles. The Balaban J connectivity index is 2.64. The fraction of sp³-hybridized carbons (Fsp3) is 0.917. The van der Waals surface area contributed by atoms with Crippen LogP contribution in [0.25, 0.3) is 0 Å². The van der Waals surface area contributed by atoms with Crippen molar-refractivity contribution in [3.05, 3.63) is 0 Å². The maximum absolute atomic E-state index is 11.5. The molecule has 1 aliphatic rings. The van der Waals surface area contributed by atoms with Crippen molar-refractivity contribution in [2.24, 2.45) is 5.73 Å². The van der Waals surface area contributed by atoms with Gasteiger partial charge in [0.1, 0.15) is 5.54 Å². The van der Waals surface area contributed by atoms with Crippen molar-refractivity contribution in [2.45, 2.75) is 64.2 Å². The summed E-state index contributed by atoms with van der Waals surface area (Å²) in [6.07, 6.45) is 2.49. The number of nitrogens with one attached hydrogen (secondary N) is 1. The van der Waals surface area contributed by atoms with Gasteiger partial charge in [-0.2, -0.15) is 0 Å². The van der Waals surface area contributed by atoms with E-state index in [2.05, 4.69) is 5.32 Å². The number of hydrogen-bond donors (Lipinski definition) is 2. The van der Waals surface area contributed by atoms with E-state index in [9.17, 15) is 4.79 Å². The Bertz CT molecular complexity index is 260. The van der Waals surface area contributed by atoms with Gasteiger partial charge in [-0.1, -0.05) is 6.92 Å². The van der Waals surface area contributed by atoms with Crippen LogP contribution in [-0.4, -0.2) is 29.7 Å². The van der Waals surface area contributed by atoms with Gasteiger partial charge in [-0.25, -0.2) is 0 Å². The van der Waals surface area contributed by atoms with Gasteiger partial charge in [-0.15, -0.1) is 0 Å². The normalized spacial score (nSPS) is 30.6. The van der Waals surface area contributed by atoms with E-state index in [1.807, 2.05) is 27.7 Å². The lowest BCUT2D eigenvalue weighted by Crippen LogP contribution is -2.54. The van der Waals surface area contributed by atoms with Crippen LogP contribution in [0.3, 0.4) is 0 Å². The molecule has 0 radical (unpaired) electrons. The molecule has 0 aromatic heterocycles. The Labute approximate surface area is 97.9 Å². The molecule has 1 fully saturated rings. The van der Waals surface area contributed by atoms with Crippen LogP contribution < -0.4 is 11.1 Å². The second kappa shape index (κ2) is 4.72. The van der Waals surface area contributed by atoms with E-state index in [4.69, 9.17) is 10.5 Å². The molecule has 4 heteroatoms. The molecule has 1 rings (SSSR count). The van der Waals surface area contributed by atoms with Gasteiger partial charge in [0, 0.05) is 6.42 Å². The molecule has 1 saturated carbocycles. The molecular weight excluding hydrogens is 204 g/mol. The second-order valence-corrected chi connectivity index (χ2v) is 5.57. The van der Waals surface area contributed by atoms with Crippen molar-refractivity contribution in [1.82, 2.24) is 5.32 Å². The fourth-order valence-corrected chi connectivity index (χ4v) is 2.41. The predicted molar refractivity (Wildman–Crippen MR) is 64.1 cm³/mol. The summed E-state index contributed by atoms with van der Waals surface area (Å²) in [5, 5.41) is 3.22. The van der Waals surface area contributed by atoms with Crippen molar-refractivity contribution >= 4 is 5.91 Å². The van der Waals surface area contributed by atoms with Gasteiger partial charge in [0.2, 0.25) is 5.91 Å². The molecule has 0 aromatic rings. The molecule has 0 spiro atoms. The second-order valence-electron chi connectivity index (χ2n) is 5.57. The van der Waals surface area contributed by atoms with Crippen LogP contribution >= 0.6 is 0 Å². The number of ether oxygens (including phenoxy) is 1. The van der Waals surface area contributed by atoms with Crippen molar-refractivity contribution in [2.75, 3.05) is 6.54 Å². The lowest BCUT2D eigenvalue weighted by atomic mass is 9.96. The SMILES string of the molecule is CCNC1(C(N)=O)CCC(OC(C)(C)C)C1. The number of rotatable bonds is 4. The third-order valence-corrected chi connectivity index (χ3v) is 2.98. The number of amides is 1. The molecule has 0 bridgehead atoms. The average molecular weight is 228 g/mol. The minimum atomic E-state index is -0.551. The summed E-state index contributed by atoms with van der Waals surface area (Å²) < 4.78 is 5.90. The summed E-state index contributed by atoms with van der Waals surface area (Å²) in [5.41, 5.74) is 4.77. The van der Waals surface area contributed by atoms with Gasteiger partial charge in [0.25, 0.3) is 0 Å². The first-order valence-electron chi connectivity index (χ1n) is 6.02. The third-order valence-electron chi connectivity index (χ3n) is 2.98. The van der Waals surface area contributed by atoms with Gasteiger partial charge in [0.15, 0.2) is 0 Å². The summed E-state index contributed by atoms with van der Waals surface area (Å²) in [6, 6.07) is 0. The smallest absolute Gasteiger partial charge is 0.237 e. The highest BCUT2D eigenvalue weighted by molar-refractivity contribution is 5.85. The van der Waals surface area contributed by atoms with E-state index in [0.717, 1.165) is 19.4 Å². The van der Waals surface area contributed by atoms with E-state index >= 15 is 0 Å². The largest absolute Gasteiger partial charge is 0.373 e. The number of carbonyl (C=O) groups is 1. The topological polar surface area (TPSA) is 64.3 Å². The predicted octanol–water partition coefficient (Wildman–Crippen LogP) is 1.19. The minimum absolute atomic E-state index is 0.131. The van der Waals surface area contributed by atoms with E-state index in [1.54, 1.807) is 0 Å². The zero-order valence-electron chi connectivity index (χ0n) is 10.8. The van der Waals surface area contributed by atoms with Crippen LogP contribution in [0.5, 0.6) is 0 Å². The van der Waals surface area contributed by atoms with Gasteiger partial charge in [-0.3, -0.25) is 4.79 Å². The van der Waals surface area contributed by atoms with Crippen LogP contribution in [0, 0.1) is 0 Å². The Kier molecular flexibility index (Phi) is 3.97. The zero-order valence-corrected chi connectivity index (χ0v) is 10.8. The zero-order chi connectivity index (χ0) is 12.4. The Hall–Kier alpha value is -0.610. The van der Waals surface area contributed by atoms with Crippen LogP contribution in [0.15, 0.2) is 0 Å². The first-order chi connectivity index (χ1) is 7.29. The fourth-order valence-electron chi connectivity index (χ4n) is 2.41. The molecule has 1 aliphatic carbocycles. The molecule has 3 N–H and O–H groups in total. The molecule has 16 heavy (non-hydrogen) atoms. The summed E-state index contributed by atoms with van der Waals surface area (Å²) in [6.45, 7) is 8.84. The lowest BCUT2D eigenvalue weighted by molar-refractivity contribution is -0.125. The van der Waals surface area contributed by atoms with Crippen LogP contribution in [0.4, 0.5) is 0 Å². The highest BCUT2D eigenvalue weighted by Crippen LogP contribution is 2.33. The van der Waals surface area contributed by atoms with Crippen LogP contribution in [0.2, 0.25) is 0 Å². The Morgan fingerprint density at radius 1 is 1.56 bits per heavy atom. The highest BCUT2D eigenvalue weighted by atomic mass is 16.5. The van der Waals surface area contributed by atoms with Crippen LogP contribution in [0.1, 0.15) is 47.0 Å². The standard InChI is InChI=1S/C12H24N2O2/c1-5-14-12(10(13)15)7-6-9(8-12)16-11(2,3)4/h9,14H,5-8H2,1-4H3,(H2,13,15). The molecule has 0 saturated heterocycles. The molecule has 0 aliphatic heterocycles. The molecule has 1 amide bonds. The lowest BCUT2D eigenvalue weighted by Gasteiger charge is -2.28. The van der Waals surface area contributed by atoms with E-state index in [0.29, 0.717) is 6.42 Å². The molecule has 4 nitrogen and oxygen atoms in total. The molecule has 0 aromatic carbocycles. The summed E-state index contributed by atoms with van der Waals surface area (Å²) in [4.78, 5) is 11.5. The monoisotopic (exact) mass is 228 g/mol. The molecule has 94 valence electrons. The van der Waals surface area contributed by atoms with Gasteiger partial charge in [-0.05, 0) is 40.2 Å². The molecule has 2 unspecified atom stereocenters. The number of nitrogens with two attached hydrogens (primary N) is 1. The van der Waals surface area contributed by atoms with Crippen molar-refractivity contribution in [3.63, 3.8) is 0 Å². The average Bonchev–Trinajstić information content (AvgIpc) is 2.47. The number of carbonyl (C=O) groups excluding carboxylic acids is 1. The molecular formula is C12H24N2O2. The maximum Gasteiger partial charge on any atom is 0.237 e. The van der Waals surface area contributed by atoms with E-state index in [1.165, 1.54) is 0 Å². The number of hydrogen-bond acceptors (Lipinski definition) is 3. The van der Waals surface area contributed by atoms with E-state index < -0.39 is 5.54 Å². The van der Waals surface area contributed by atoms with Gasteiger partial charge in [0.05, 0.1) is 11.7 Å². The number of primary amides is 1. The highest BCUT2D eigenvalue weighted by Gasteiger charge is 2.44. The summed E-state index contributed by atoms with van der Waals surface area (Å²) >= 11 is 0. The van der Waals surface area contributed by atoms with Crippen molar-refractivity contribution < 1.29 is 9.53 Å². The Morgan fingerprint density at radius 2 is 2.19 bits per heavy atom. The Morgan fingerprint density at radius 3 is 2.62 bits per heavy atom. The minimum Gasteiger partial charge on any atom is -0.373 e.